The van der Waals surface area contributed by atoms with Crippen LogP contribution in [0.15, 0.2) is 82.5 Å². The topological polar surface area (TPSA) is 117 Å². The maximum Gasteiger partial charge on any atom is 0.302 e. The fraction of sp³-hybridized carbons (Fsp3) is 0.619. The van der Waals surface area contributed by atoms with Crippen molar-refractivity contribution in [1.82, 2.24) is 0 Å². The summed E-state index contributed by atoms with van der Waals surface area (Å²) >= 11 is 0. The molecule has 3 rings (SSSR count). The maximum absolute atomic E-state index is 13.1. The molecule has 49 heavy (non-hydrogen) atoms. The molecule has 0 bridgehead atoms. The van der Waals surface area contributed by atoms with Crippen molar-refractivity contribution in [3.8, 4) is 0 Å². The van der Waals surface area contributed by atoms with Crippen LogP contribution in [0.1, 0.15) is 121 Å². The predicted molar refractivity (Wildman–Crippen MR) is 197 cm³/mol. The number of Topliss-reactive ketones (excluding diaryl/α,β-unsaturated/α-hetero) is 1. The number of hydrogen-bond donors (Lipinski definition) is 3. The third kappa shape index (κ3) is 10.1. The van der Waals surface area contributed by atoms with Crippen molar-refractivity contribution >= 4 is 11.8 Å². The molecule has 272 valence electrons. The van der Waals surface area contributed by atoms with E-state index < -0.39 is 34.9 Å². The minimum atomic E-state index is -1.40. The molecule has 2 saturated carbocycles. The third-order valence-corrected chi connectivity index (χ3v) is 10.9. The van der Waals surface area contributed by atoms with E-state index in [4.69, 9.17) is 9.47 Å². The Balaban J connectivity index is 1.48. The molecular formula is C42H62O7. The number of ketones is 1. The van der Waals surface area contributed by atoms with E-state index in [0.717, 1.165) is 24.0 Å². The zero-order valence-corrected chi connectivity index (χ0v) is 31.7. The largest absolute Gasteiger partial charge is 0.462 e. The average Bonchev–Trinajstić information content (AvgIpc) is 3.58. The molecule has 1 aliphatic heterocycles. The highest BCUT2D eigenvalue weighted by Gasteiger charge is 2.76. The first-order valence-corrected chi connectivity index (χ1v) is 17.8. The number of epoxide rings is 1. The van der Waals surface area contributed by atoms with E-state index in [0.29, 0.717) is 37.7 Å². The summed E-state index contributed by atoms with van der Waals surface area (Å²) in [5.41, 5.74) is 2.02. The molecule has 3 fully saturated rings. The fourth-order valence-corrected chi connectivity index (χ4v) is 8.22. The highest BCUT2D eigenvalue weighted by molar-refractivity contribution is 5.96. The van der Waals surface area contributed by atoms with Crippen LogP contribution < -0.4 is 0 Å². The second kappa shape index (κ2) is 16.0. The van der Waals surface area contributed by atoms with Gasteiger partial charge < -0.3 is 24.8 Å². The first kappa shape index (κ1) is 40.6. The molecule has 7 nitrogen and oxygen atoms in total. The molecule has 0 aromatic rings. The Hall–Kier alpha value is -2.84. The number of carbonyl (C=O) groups is 2. The summed E-state index contributed by atoms with van der Waals surface area (Å²) in [6.07, 6.45) is 22.3. The third-order valence-electron chi connectivity index (χ3n) is 10.9. The molecule has 2 aliphatic carbocycles. The van der Waals surface area contributed by atoms with Crippen LogP contribution in [0.3, 0.4) is 0 Å². The number of aliphatic hydroxyl groups excluding tert-OH is 2. The van der Waals surface area contributed by atoms with Gasteiger partial charge in [0.05, 0.1) is 18.3 Å². The lowest BCUT2D eigenvalue weighted by Gasteiger charge is -2.47. The van der Waals surface area contributed by atoms with E-state index in [1.165, 1.54) is 18.1 Å². The highest BCUT2D eigenvalue weighted by Crippen LogP contribution is 2.67. The minimum Gasteiger partial charge on any atom is -0.462 e. The number of ether oxygens (including phenoxy) is 2. The van der Waals surface area contributed by atoms with Crippen molar-refractivity contribution < 1.29 is 34.4 Å². The van der Waals surface area contributed by atoms with Crippen molar-refractivity contribution in [2.75, 3.05) is 6.61 Å². The van der Waals surface area contributed by atoms with Crippen molar-refractivity contribution in [1.29, 1.82) is 0 Å². The smallest absolute Gasteiger partial charge is 0.302 e. The number of fused-ring (bicyclic) bond motifs is 1. The molecule has 0 radical (unpaired) electrons. The van der Waals surface area contributed by atoms with Gasteiger partial charge in [-0.2, -0.15) is 0 Å². The Kier molecular flexibility index (Phi) is 13.3. The Bertz CT molecular complexity index is 1450. The first-order chi connectivity index (χ1) is 22.7. The maximum atomic E-state index is 13.1. The number of carbonyl (C=O) groups excluding carboxylic acids is 2. The van der Waals surface area contributed by atoms with Gasteiger partial charge >= 0.3 is 5.97 Å². The predicted octanol–water partition coefficient (Wildman–Crippen LogP) is 8.12. The lowest BCUT2D eigenvalue weighted by molar-refractivity contribution is -0.155. The molecule has 5 atom stereocenters. The van der Waals surface area contributed by atoms with Crippen LogP contribution in [0.2, 0.25) is 0 Å². The molecule has 1 saturated heterocycles. The summed E-state index contributed by atoms with van der Waals surface area (Å²) in [6, 6.07) is 0. The van der Waals surface area contributed by atoms with E-state index in [2.05, 4.69) is 39.8 Å². The second-order valence-electron chi connectivity index (χ2n) is 16.3. The van der Waals surface area contributed by atoms with Gasteiger partial charge in [-0.05, 0) is 88.7 Å². The van der Waals surface area contributed by atoms with Gasteiger partial charge in [0.1, 0.15) is 17.3 Å². The molecule has 1 heterocycles. The van der Waals surface area contributed by atoms with Crippen LogP contribution in [0.5, 0.6) is 0 Å². The zero-order valence-electron chi connectivity index (χ0n) is 31.7. The van der Waals surface area contributed by atoms with Gasteiger partial charge in [-0.1, -0.05) is 99.1 Å². The Morgan fingerprint density at radius 3 is 2.20 bits per heavy atom. The number of allylic oxidation sites excluding steroid dienone is 13. The van der Waals surface area contributed by atoms with Gasteiger partial charge in [0.2, 0.25) is 0 Å². The normalized spacial score (nSPS) is 32.9. The van der Waals surface area contributed by atoms with Crippen LogP contribution >= 0.6 is 0 Å². The Morgan fingerprint density at radius 1 is 0.898 bits per heavy atom. The lowest BCUT2D eigenvalue weighted by Crippen LogP contribution is -2.50. The monoisotopic (exact) mass is 678 g/mol. The van der Waals surface area contributed by atoms with E-state index in [-0.39, 0.29) is 29.7 Å². The van der Waals surface area contributed by atoms with Crippen LogP contribution in [0.25, 0.3) is 0 Å². The highest BCUT2D eigenvalue weighted by atomic mass is 16.6. The molecule has 3 N–H and O–H groups in total. The van der Waals surface area contributed by atoms with Crippen LogP contribution in [0.4, 0.5) is 0 Å². The zero-order chi connectivity index (χ0) is 36.8. The molecule has 7 heteroatoms. The summed E-state index contributed by atoms with van der Waals surface area (Å²) in [7, 11) is 0. The summed E-state index contributed by atoms with van der Waals surface area (Å²) in [6.45, 7) is 19.3. The SMILES string of the molecule is CC(=O)O[C@H]1CC(C)(C)/C(=C\C/C(C)=C/CC/C(C)=C/C=C/C=C(C)/C=C/C=C(\C)C(=O)C[C@@]23O[C@]2(C)C[C@@H](O)CC3(C)C)[C@@](O)(CO)C1. The number of rotatable bonds is 14. The van der Waals surface area contributed by atoms with Crippen molar-refractivity contribution in [2.45, 2.75) is 150 Å². The van der Waals surface area contributed by atoms with E-state index >= 15 is 0 Å². The van der Waals surface area contributed by atoms with Crippen LogP contribution in [-0.2, 0) is 19.1 Å². The minimum absolute atomic E-state index is 0.0831. The molecule has 0 amide bonds. The quantitative estimate of drug-likeness (QED) is 0.0559. The average molecular weight is 679 g/mol. The van der Waals surface area contributed by atoms with Gasteiger partial charge in [0.25, 0.3) is 0 Å². The molecule has 0 unspecified atom stereocenters. The summed E-state index contributed by atoms with van der Waals surface area (Å²) in [5.74, 6) is -0.292. The van der Waals surface area contributed by atoms with E-state index in [1.54, 1.807) is 0 Å². The Labute approximate surface area is 295 Å². The fourth-order valence-electron chi connectivity index (χ4n) is 8.22. The Morgan fingerprint density at radius 2 is 1.57 bits per heavy atom. The number of hydrogen-bond acceptors (Lipinski definition) is 7. The van der Waals surface area contributed by atoms with E-state index in [9.17, 15) is 24.9 Å². The molecule has 0 aromatic carbocycles. The molecule has 0 aromatic heterocycles. The van der Waals surface area contributed by atoms with Crippen LogP contribution in [-0.4, -0.2) is 62.7 Å². The van der Waals surface area contributed by atoms with Gasteiger partial charge in [-0.3, -0.25) is 9.59 Å². The van der Waals surface area contributed by atoms with Crippen molar-refractivity contribution in [3.63, 3.8) is 0 Å². The second-order valence-corrected chi connectivity index (χ2v) is 16.3. The lowest BCUT2D eigenvalue weighted by atomic mass is 9.61. The summed E-state index contributed by atoms with van der Waals surface area (Å²) in [5, 5.41) is 31.6. The van der Waals surface area contributed by atoms with Gasteiger partial charge in [0.15, 0.2) is 5.78 Å². The van der Waals surface area contributed by atoms with Gasteiger partial charge in [-0.25, -0.2) is 0 Å². The standard InChI is InChI=1S/C42H62O7/c1-29(17-13-18-31(3)21-22-37-38(6,7)25-35(48-33(5)44)26-41(37,47)28-43)15-11-12-16-30(2)19-14-20-32(4)36(46)27-42-39(8,9)23-34(45)24-40(42,10)49-42/h11-12,14-16,18-20,22,34-35,43,45,47H,13,17,21,23-28H2,1-10H3/b12-11+,19-14+,29-15+,30-16+,31-18+,32-20+,37-22+/t34-,35-,40+,41-,42-/m0/s1. The summed E-state index contributed by atoms with van der Waals surface area (Å²) < 4.78 is 11.6. The van der Waals surface area contributed by atoms with E-state index in [1.807, 2.05) is 77.2 Å². The molecule has 3 aliphatic rings. The first-order valence-electron chi connectivity index (χ1n) is 17.8. The van der Waals surface area contributed by atoms with Gasteiger partial charge in [0, 0.05) is 26.2 Å². The molecule has 0 spiro atoms. The number of aliphatic hydroxyl groups is 3. The number of esters is 1. The molecular weight excluding hydrogens is 616 g/mol. The van der Waals surface area contributed by atoms with Crippen LogP contribution in [0, 0.1) is 10.8 Å². The van der Waals surface area contributed by atoms with Crippen molar-refractivity contribution in [2.24, 2.45) is 10.8 Å². The summed E-state index contributed by atoms with van der Waals surface area (Å²) in [4.78, 5) is 24.6. The van der Waals surface area contributed by atoms with Crippen molar-refractivity contribution in [3.05, 3.63) is 82.5 Å². The van der Waals surface area contributed by atoms with Gasteiger partial charge in [-0.15, -0.1) is 0 Å².